The van der Waals surface area contributed by atoms with E-state index >= 15 is 0 Å². The van der Waals surface area contributed by atoms with E-state index in [1.54, 1.807) is 26.2 Å². The second-order valence-corrected chi connectivity index (χ2v) is 4.82. The van der Waals surface area contributed by atoms with Crippen LogP contribution in [0.15, 0.2) is 23.0 Å². The zero-order chi connectivity index (χ0) is 15.7. The topological polar surface area (TPSA) is 86.6 Å². The van der Waals surface area contributed by atoms with Crippen molar-refractivity contribution in [2.24, 2.45) is 14.1 Å². The van der Waals surface area contributed by atoms with Gasteiger partial charge in [-0.2, -0.15) is 13.9 Å². The molecule has 0 aliphatic heterocycles. The zero-order valence-corrected chi connectivity index (χ0v) is 12.0. The van der Waals surface area contributed by atoms with Crippen molar-refractivity contribution in [2.45, 2.75) is 6.92 Å². The molecule has 2 rings (SSSR count). The summed E-state index contributed by atoms with van der Waals surface area (Å²) in [4.78, 5) is 12.0. The highest BCUT2D eigenvalue weighted by atomic mass is 16.3. The first-order valence-corrected chi connectivity index (χ1v) is 6.31. The maximum atomic E-state index is 12.0. The van der Waals surface area contributed by atoms with Gasteiger partial charge in [0.05, 0.1) is 14.1 Å². The van der Waals surface area contributed by atoms with Gasteiger partial charge in [0.1, 0.15) is 11.4 Å². The lowest BCUT2D eigenvalue weighted by molar-refractivity contribution is -0.692. The van der Waals surface area contributed by atoms with Gasteiger partial charge in [-0.05, 0) is 31.2 Å². The number of hydrogen-bond donors (Lipinski definition) is 3. The van der Waals surface area contributed by atoms with E-state index in [0.29, 0.717) is 11.3 Å². The molecule has 0 bridgehead atoms. The van der Waals surface area contributed by atoms with E-state index in [-0.39, 0.29) is 11.4 Å². The Labute approximate surface area is 121 Å². The van der Waals surface area contributed by atoms with E-state index in [0.717, 1.165) is 5.69 Å². The van der Waals surface area contributed by atoms with Crippen LogP contribution in [-0.2, 0) is 14.1 Å². The lowest BCUT2D eigenvalue weighted by Gasteiger charge is -2.04. The lowest BCUT2D eigenvalue weighted by Crippen LogP contribution is -2.53. The van der Waals surface area contributed by atoms with Gasteiger partial charge in [0.2, 0.25) is 5.75 Å². The second kappa shape index (κ2) is 5.32. The van der Waals surface area contributed by atoms with Gasteiger partial charge in [-0.1, -0.05) is 0 Å². The Balaban J connectivity index is 2.48. The summed E-state index contributed by atoms with van der Waals surface area (Å²) in [5, 5.41) is 28.5. The fraction of sp³-hybridized carbons (Fsp3) is 0.200. The molecule has 0 saturated carbocycles. The molecule has 0 fully saturated rings. The van der Waals surface area contributed by atoms with Gasteiger partial charge in [-0.3, -0.25) is 0 Å². The number of rotatable bonds is 2. The molecule has 3 N–H and O–H groups in total. The van der Waals surface area contributed by atoms with Crippen molar-refractivity contribution in [2.75, 3.05) is 0 Å². The molecule has 0 aliphatic carbocycles. The van der Waals surface area contributed by atoms with Gasteiger partial charge in [-0.25, -0.2) is 0 Å². The third kappa shape index (κ3) is 2.60. The number of aryl methyl sites for hydroxylation is 1. The number of benzene rings is 1. The summed E-state index contributed by atoms with van der Waals surface area (Å²) in [6.07, 6.45) is 3.21. The molecule has 0 saturated heterocycles. The predicted molar refractivity (Wildman–Crippen MR) is 78.0 cm³/mol. The highest BCUT2D eigenvalue weighted by molar-refractivity contribution is 5.73. The molecule has 1 heterocycles. The summed E-state index contributed by atoms with van der Waals surface area (Å²) in [7, 11) is 3.34. The Morgan fingerprint density at radius 3 is 2.48 bits per heavy atom. The largest absolute Gasteiger partial charge is 0.504 e. The summed E-state index contributed by atoms with van der Waals surface area (Å²) < 4.78 is 3.00. The van der Waals surface area contributed by atoms with Crippen LogP contribution in [0.1, 0.15) is 17.0 Å². The molecule has 6 nitrogen and oxygen atoms in total. The molecule has 0 spiro atoms. The van der Waals surface area contributed by atoms with Crippen LogP contribution < -0.4 is 10.3 Å². The Hall–Kier alpha value is -2.76. The number of nitrogens with zero attached hydrogens (tertiary/aromatic N) is 2. The van der Waals surface area contributed by atoms with Crippen LogP contribution in [0.25, 0.3) is 12.2 Å². The van der Waals surface area contributed by atoms with Crippen molar-refractivity contribution in [3.05, 3.63) is 45.6 Å². The molecule has 0 amide bonds. The molecule has 2 aromatic rings. The third-order valence-corrected chi connectivity index (χ3v) is 3.44. The summed E-state index contributed by atoms with van der Waals surface area (Å²) >= 11 is 0. The minimum absolute atomic E-state index is 0.160. The predicted octanol–water partition coefficient (Wildman–Crippen LogP) is 0.805. The number of phenols is 3. The van der Waals surface area contributed by atoms with E-state index in [1.165, 1.54) is 21.3 Å². The summed E-state index contributed by atoms with van der Waals surface area (Å²) in [5.74, 6) is -1.37. The first-order chi connectivity index (χ1) is 9.82. The van der Waals surface area contributed by atoms with Crippen molar-refractivity contribution in [1.82, 2.24) is 4.57 Å². The number of aromatic nitrogens is 2. The number of hydrogen-bond acceptors (Lipinski definition) is 4. The average molecular weight is 289 g/mol. The fourth-order valence-corrected chi connectivity index (χ4v) is 1.95. The van der Waals surface area contributed by atoms with E-state index in [2.05, 4.69) is 0 Å². The van der Waals surface area contributed by atoms with Crippen molar-refractivity contribution in [3.8, 4) is 17.2 Å². The summed E-state index contributed by atoms with van der Waals surface area (Å²) in [6, 6.07) is 4.58. The van der Waals surface area contributed by atoms with Gasteiger partial charge < -0.3 is 15.3 Å². The maximum Gasteiger partial charge on any atom is 0.498 e. The van der Waals surface area contributed by atoms with Crippen molar-refractivity contribution in [3.63, 3.8) is 0 Å². The number of phenolic OH excluding ortho intramolecular Hbond substituents is 3. The first kappa shape index (κ1) is 14.6. The van der Waals surface area contributed by atoms with E-state index in [1.807, 2.05) is 13.0 Å². The Morgan fingerprint density at radius 1 is 1.14 bits per heavy atom. The van der Waals surface area contributed by atoms with E-state index in [9.17, 15) is 20.1 Å². The molecular formula is C15H17N2O4+. The molecule has 0 aliphatic rings. The minimum atomic E-state index is -0.568. The van der Waals surface area contributed by atoms with Gasteiger partial charge >= 0.3 is 5.69 Å². The van der Waals surface area contributed by atoms with Crippen molar-refractivity contribution in [1.29, 1.82) is 0 Å². The van der Waals surface area contributed by atoms with Crippen LogP contribution in [0, 0.1) is 6.92 Å². The van der Waals surface area contributed by atoms with Crippen molar-refractivity contribution >= 4 is 12.2 Å². The quantitative estimate of drug-likeness (QED) is 0.564. The highest BCUT2D eigenvalue weighted by Gasteiger charge is 2.12. The minimum Gasteiger partial charge on any atom is -0.504 e. The molecule has 110 valence electrons. The number of aromatic hydroxyl groups is 3. The van der Waals surface area contributed by atoms with Crippen LogP contribution >= 0.6 is 0 Å². The van der Waals surface area contributed by atoms with Crippen LogP contribution in [0.2, 0.25) is 0 Å². The highest BCUT2D eigenvalue weighted by Crippen LogP contribution is 2.37. The van der Waals surface area contributed by atoms with E-state index in [4.69, 9.17) is 0 Å². The molecule has 1 aromatic carbocycles. The molecule has 6 heteroatoms. The zero-order valence-electron chi connectivity index (χ0n) is 12.0. The van der Waals surface area contributed by atoms with Crippen LogP contribution in [0.4, 0.5) is 0 Å². The molecule has 1 aromatic heterocycles. The maximum absolute atomic E-state index is 12.0. The fourth-order valence-electron chi connectivity index (χ4n) is 1.95. The standard InChI is InChI=1S/C15H16N2O4/c1-9-8-11(17(3)15(21)16(9)2)6-4-10-5-7-12(18)14(20)13(10)19/h4-8H,1-3H3,(H2,18,19,20)/p+1. The second-order valence-electron chi connectivity index (χ2n) is 4.82. The molecule has 0 atom stereocenters. The molecule has 0 radical (unpaired) electrons. The van der Waals surface area contributed by atoms with Crippen LogP contribution in [-0.4, -0.2) is 19.9 Å². The van der Waals surface area contributed by atoms with Gasteiger partial charge in [-0.15, -0.1) is 0 Å². The lowest BCUT2D eigenvalue weighted by atomic mass is 10.1. The van der Waals surface area contributed by atoms with Crippen LogP contribution in [0.3, 0.4) is 0 Å². The normalized spacial score (nSPS) is 11.2. The summed E-state index contributed by atoms with van der Waals surface area (Å²) in [6.45, 7) is 1.82. The SMILES string of the molecule is Cc1cc(C=Cc2ccc(O)c(O)c2O)[n+](C)c(=O)n1C. The molecule has 21 heavy (non-hydrogen) atoms. The Kier molecular flexibility index (Phi) is 3.71. The average Bonchev–Trinajstić information content (AvgIpc) is 2.46. The smallest absolute Gasteiger partial charge is 0.498 e. The van der Waals surface area contributed by atoms with Gasteiger partial charge in [0.15, 0.2) is 11.5 Å². The summed E-state index contributed by atoms with van der Waals surface area (Å²) in [5.41, 5.74) is 1.63. The molecule has 0 unspecified atom stereocenters. The van der Waals surface area contributed by atoms with Gasteiger partial charge in [0, 0.05) is 11.6 Å². The third-order valence-electron chi connectivity index (χ3n) is 3.44. The Morgan fingerprint density at radius 2 is 1.81 bits per heavy atom. The Bertz CT molecular complexity index is 791. The monoisotopic (exact) mass is 289 g/mol. The van der Waals surface area contributed by atoms with Gasteiger partial charge in [0.25, 0.3) is 0 Å². The van der Waals surface area contributed by atoms with E-state index < -0.39 is 11.5 Å². The van der Waals surface area contributed by atoms with Crippen LogP contribution in [0.5, 0.6) is 17.2 Å². The van der Waals surface area contributed by atoms with Crippen molar-refractivity contribution < 1.29 is 19.9 Å². The molecular weight excluding hydrogens is 272 g/mol. The first-order valence-electron chi connectivity index (χ1n) is 6.31.